The monoisotopic (exact) mass is 297 g/mol. The van der Waals surface area contributed by atoms with E-state index in [0.717, 1.165) is 36.4 Å². The Balaban J connectivity index is 1.76. The van der Waals surface area contributed by atoms with Crippen molar-refractivity contribution in [1.29, 1.82) is 0 Å². The summed E-state index contributed by atoms with van der Waals surface area (Å²) in [6, 6.07) is -0.347. The highest BCUT2D eigenvalue weighted by Crippen LogP contribution is 2.19. The number of rotatable bonds is 4. The van der Waals surface area contributed by atoms with Crippen molar-refractivity contribution in [2.75, 3.05) is 0 Å². The van der Waals surface area contributed by atoms with Crippen molar-refractivity contribution in [1.82, 2.24) is 15.6 Å². The van der Waals surface area contributed by atoms with E-state index in [1.54, 1.807) is 11.3 Å². The van der Waals surface area contributed by atoms with E-state index in [-0.39, 0.29) is 12.1 Å². The minimum absolute atomic E-state index is 0.120. The summed E-state index contributed by atoms with van der Waals surface area (Å²) in [6.07, 6.45) is 3.31. The Labute approximate surface area is 123 Å². The Hall–Kier alpha value is -1.14. The van der Waals surface area contributed by atoms with Crippen LogP contribution in [0.4, 0.5) is 4.79 Å². The highest BCUT2D eigenvalue weighted by molar-refractivity contribution is 7.09. The molecule has 1 aromatic rings. The molecule has 0 aliphatic heterocycles. The molecule has 2 atom stereocenters. The Morgan fingerprint density at radius 3 is 2.90 bits per heavy atom. The molecule has 1 aliphatic carbocycles. The first-order chi connectivity index (χ1) is 9.56. The van der Waals surface area contributed by atoms with Crippen LogP contribution in [0.3, 0.4) is 0 Å². The molecule has 1 fully saturated rings. The standard InChI is InChI=1S/C14H23N3O2S/c1-9(2)13-16-10(8-20-13)7-15-14(19)17-11-5-3-4-6-12(11)18/h8-9,11-12,18H,3-7H2,1-2H3,(H2,15,17,19). The molecule has 2 rings (SSSR count). The lowest BCUT2D eigenvalue weighted by molar-refractivity contribution is 0.0943. The van der Waals surface area contributed by atoms with E-state index >= 15 is 0 Å². The van der Waals surface area contributed by atoms with Crippen molar-refractivity contribution < 1.29 is 9.90 Å². The van der Waals surface area contributed by atoms with Gasteiger partial charge >= 0.3 is 6.03 Å². The van der Waals surface area contributed by atoms with Gasteiger partial charge in [-0.2, -0.15) is 0 Å². The molecule has 5 nitrogen and oxygen atoms in total. The Morgan fingerprint density at radius 2 is 2.25 bits per heavy atom. The molecule has 2 unspecified atom stereocenters. The van der Waals surface area contributed by atoms with Gasteiger partial charge in [-0.1, -0.05) is 26.7 Å². The average Bonchev–Trinajstić information content (AvgIpc) is 2.88. The third-order valence-electron chi connectivity index (χ3n) is 3.54. The third-order valence-corrected chi connectivity index (χ3v) is 4.73. The van der Waals surface area contributed by atoms with Crippen LogP contribution >= 0.6 is 11.3 Å². The SMILES string of the molecule is CC(C)c1nc(CNC(=O)NC2CCCCC2O)cs1. The van der Waals surface area contributed by atoms with Crippen molar-refractivity contribution in [2.24, 2.45) is 0 Å². The number of amides is 2. The van der Waals surface area contributed by atoms with Crippen LogP contribution in [0.2, 0.25) is 0 Å². The van der Waals surface area contributed by atoms with E-state index in [4.69, 9.17) is 0 Å². The molecule has 0 spiro atoms. The van der Waals surface area contributed by atoms with Gasteiger partial charge in [-0.25, -0.2) is 9.78 Å². The number of urea groups is 1. The maximum Gasteiger partial charge on any atom is 0.315 e. The predicted molar refractivity (Wildman–Crippen MR) is 79.8 cm³/mol. The largest absolute Gasteiger partial charge is 0.391 e. The first kappa shape index (κ1) is 15.3. The molecule has 3 N–H and O–H groups in total. The lowest BCUT2D eigenvalue weighted by Gasteiger charge is -2.28. The summed E-state index contributed by atoms with van der Waals surface area (Å²) in [5.41, 5.74) is 0.887. The molecule has 0 saturated heterocycles. The van der Waals surface area contributed by atoms with Gasteiger partial charge in [0.05, 0.1) is 29.4 Å². The normalized spacial score (nSPS) is 22.8. The number of nitrogens with zero attached hydrogens (tertiary/aromatic N) is 1. The maximum absolute atomic E-state index is 11.8. The second kappa shape index (κ2) is 7.04. The zero-order valence-electron chi connectivity index (χ0n) is 12.1. The Morgan fingerprint density at radius 1 is 1.50 bits per heavy atom. The first-order valence-electron chi connectivity index (χ1n) is 7.23. The van der Waals surface area contributed by atoms with Crippen LogP contribution in [-0.2, 0) is 6.54 Å². The second-order valence-corrected chi connectivity index (χ2v) is 6.51. The van der Waals surface area contributed by atoms with Gasteiger partial charge in [0, 0.05) is 11.3 Å². The van der Waals surface area contributed by atoms with Crippen LogP contribution in [-0.4, -0.2) is 28.3 Å². The molecule has 0 radical (unpaired) electrons. The molecule has 20 heavy (non-hydrogen) atoms. The van der Waals surface area contributed by atoms with E-state index in [0.29, 0.717) is 12.5 Å². The van der Waals surface area contributed by atoms with Crippen LogP contribution in [0.5, 0.6) is 0 Å². The highest BCUT2D eigenvalue weighted by atomic mass is 32.1. The quantitative estimate of drug-likeness (QED) is 0.798. The highest BCUT2D eigenvalue weighted by Gasteiger charge is 2.24. The van der Waals surface area contributed by atoms with Crippen LogP contribution in [0.25, 0.3) is 0 Å². The molecule has 2 amide bonds. The number of aliphatic hydroxyl groups is 1. The Kier molecular flexibility index (Phi) is 5.37. The van der Waals surface area contributed by atoms with Crippen LogP contribution in [0, 0.1) is 0 Å². The summed E-state index contributed by atoms with van der Waals surface area (Å²) in [6.45, 7) is 4.64. The number of aromatic nitrogens is 1. The zero-order chi connectivity index (χ0) is 14.5. The van der Waals surface area contributed by atoms with Crippen LogP contribution < -0.4 is 10.6 Å². The topological polar surface area (TPSA) is 74.2 Å². The van der Waals surface area contributed by atoms with Gasteiger partial charge in [-0.3, -0.25) is 0 Å². The molecule has 112 valence electrons. The molecular weight excluding hydrogens is 274 g/mol. The number of carbonyl (C=O) groups excluding carboxylic acids is 1. The van der Waals surface area contributed by atoms with E-state index in [2.05, 4.69) is 29.5 Å². The number of hydrogen-bond donors (Lipinski definition) is 3. The molecule has 0 aromatic carbocycles. The van der Waals surface area contributed by atoms with Gasteiger partial charge in [-0.15, -0.1) is 11.3 Å². The minimum atomic E-state index is -0.415. The molecule has 6 heteroatoms. The van der Waals surface area contributed by atoms with E-state index in [1.165, 1.54) is 0 Å². The molecule has 1 heterocycles. The van der Waals surface area contributed by atoms with Crippen LogP contribution in [0.15, 0.2) is 5.38 Å². The Bertz CT molecular complexity index is 447. The smallest absolute Gasteiger partial charge is 0.315 e. The summed E-state index contributed by atoms with van der Waals surface area (Å²) in [5.74, 6) is 0.417. The molecule has 1 saturated carbocycles. The predicted octanol–water partition coefficient (Wildman–Crippen LogP) is 2.37. The number of hydrogen-bond acceptors (Lipinski definition) is 4. The van der Waals surface area contributed by atoms with Crippen molar-refractivity contribution in [3.05, 3.63) is 16.1 Å². The first-order valence-corrected chi connectivity index (χ1v) is 8.11. The van der Waals surface area contributed by atoms with Crippen molar-refractivity contribution in [2.45, 2.75) is 64.1 Å². The second-order valence-electron chi connectivity index (χ2n) is 5.62. The fraction of sp³-hybridized carbons (Fsp3) is 0.714. The number of thiazole rings is 1. The van der Waals surface area contributed by atoms with Gasteiger partial charge in [0.25, 0.3) is 0 Å². The van der Waals surface area contributed by atoms with E-state index < -0.39 is 6.10 Å². The van der Waals surface area contributed by atoms with Crippen molar-refractivity contribution in [3.63, 3.8) is 0 Å². The lowest BCUT2D eigenvalue weighted by Crippen LogP contribution is -2.48. The maximum atomic E-state index is 11.8. The van der Waals surface area contributed by atoms with Gasteiger partial charge in [0.1, 0.15) is 0 Å². The third kappa shape index (κ3) is 4.18. The molecule has 0 bridgehead atoms. The summed E-state index contributed by atoms with van der Waals surface area (Å²) in [5, 5.41) is 18.5. The number of carbonyl (C=O) groups is 1. The van der Waals surface area contributed by atoms with Gasteiger partial charge < -0.3 is 15.7 Å². The fourth-order valence-corrected chi connectivity index (χ4v) is 3.17. The molecule has 1 aromatic heterocycles. The fourth-order valence-electron chi connectivity index (χ4n) is 2.34. The average molecular weight is 297 g/mol. The van der Waals surface area contributed by atoms with Gasteiger partial charge in [0.15, 0.2) is 0 Å². The van der Waals surface area contributed by atoms with Gasteiger partial charge in [0.2, 0.25) is 0 Å². The van der Waals surface area contributed by atoms with E-state index in [9.17, 15) is 9.90 Å². The number of aliphatic hydroxyl groups excluding tert-OH is 1. The van der Waals surface area contributed by atoms with Crippen molar-refractivity contribution >= 4 is 17.4 Å². The van der Waals surface area contributed by atoms with E-state index in [1.807, 2.05) is 5.38 Å². The molecular formula is C14H23N3O2S. The summed E-state index contributed by atoms with van der Waals surface area (Å²) >= 11 is 1.62. The summed E-state index contributed by atoms with van der Waals surface area (Å²) in [4.78, 5) is 16.3. The number of nitrogens with one attached hydrogen (secondary N) is 2. The summed E-state index contributed by atoms with van der Waals surface area (Å²) in [7, 11) is 0. The van der Waals surface area contributed by atoms with Crippen molar-refractivity contribution in [3.8, 4) is 0 Å². The summed E-state index contributed by atoms with van der Waals surface area (Å²) < 4.78 is 0. The molecule has 1 aliphatic rings. The minimum Gasteiger partial charge on any atom is -0.391 e. The zero-order valence-corrected chi connectivity index (χ0v) is 12.9. The van der Waals surface area contributed by atoms with Gasteiger partial charge in [-0.05, 0) is 12.8 Å². The van der Waals surface area contributed by atoms with Crippen LogP contribution in [0.1, 0.15) is 56.2 Å². The lowest BCUT2D eigenvalue weighted by atomic mass is 9.93.